The van der Waals surface area contributed by atoms with E-state index in [1.54, 1.807) is 48.5 Å². The van der Waals surface area contributed by atoms with Gasteiger partial charge in [-0.25, -0.2) is 8.42 Å². The van der Waals surface area contributed by atoms with E-state index in [1.165, 1.54) is 37.3 Å². The molecule has 47 heavy (non-hydrogen) atoms. The largest absolute Gasteiger partial charge is 0.497 e. The lowest BCUT2D eigenvalue weighted by molar-refractivity contribution is -0.140. The number of ether oxygens (including phenoxy) is 2. The Kier molecular flexibility index (Phi) is 12.3. The average Bonchev–Trinajstić information content (AvgIpc) is 3.08. The van der Waals surface area contributed by atoms with Gasteiger partial charge in [-0.1, -0.05) is 84.8 Å². The average molecular weight is 678 g/mol. The molecule has 0 bridgehead atoms. The van der Waals surface area contributed by atoms with Gasteiger partial charge in [-0.05, 0) is 54.8 Å². The van der Waals surface area contributed by atoms with E-state index < -0.39 is 28.5 Å². The molecule has 9 nitrogen and oxygen atoms in total. The summed E-state index contributed by atoms with van der Waals surface area (Å²) in [6.07, 6.45) is 0.889. The van der Waals surface area contributed by atoms with Crippen LogP contribution in [0, 0.1) is 6.92 Å². The van der Waals surface area contributed by atoms with Gasteiger partial charge in [-0.3, -0.25) is 13.9 Å². The van der Waals surface area contributed by atoms with Crippen LogP contribution in [-0.2, 0) is 32.6 Å². The molecule has 1 atom stereocenters. The van der Waals surface area contributed by atoms with Gasteiger partial charge in [-0.15, -0.1) is 0 Å². The molecule has 0 aliphatic carbocycles. The standard InChI is InChI=1S/C36H40ClN3O6S/c1-5-21-38-36(42)33(22-27-11-7-6-8-12-27)39(24-28-13-9-10-14-31(28)37)35(41)25-40(32-23-29(45-3)17-20-34(32)46-4)47(43,44)30-18-15-26(2)16-19-30/h6-20,23,33H,5,21-22,24-25H2,1-4H3,(H,38,42). The van der Waals surface area contributed by atoms with Crippen molar-refractivity contribution in [3.05, 3.63) is 119 Å². The summed E-state index contributed by atoms with van der Waals surface area (Å²) in [7, 11) is -1.45. The van der Waals surface area contributed by atoms with Crippen molar-refractivity contribution in [3.63, 3.8) is 0 Å². The lowest BCUT2D eigenvalue weighted by atomic mass is 10.0. The second-order valence-electron chi connectivity index (χ2n) is 11.0. The molecule has 0 aliphatic rings. The summed E-state index contributed by atoms with van der Waals surface area (Å²) in [5.41, 5.74) is 2.42. The van der Waals surface area contributed by atoms with E-state index in [2.05, 4.69) is 5.32 Å². The number of hydrogen-bond acceptors (Lipinski definition) is 6. The Balaban J connectivity index is 1.87. The van der Waals surface area contributed by atoms with Crippen LogP contribution in [-0.4, -0.2) is 58.5 Å². The predicted molar refractivity (Wildman–Crippen MR) is 184 cm³/mol. The van der Waals surface area contributed by atoms with Crippen molar-refractivity contribution in [2.24, 2.45) is 0 Å². The van der Waals surface area contributed by atoms with Crippen LogP contribution in [0.3, 0.4) is 0 Å². The molecule has 0 spiro atoms. The van der Waals surface area contributed by atoms with Gasteiger partial charge in [0, 0.05) is 30.6 Å². The van der Waals surface area contributed by atoms with Crippen molar-refractivity contribution < 1.29 is 27.5 Å². The molecule has 4 aromatic rings. The molecule has 2 amide bonds. The molecule has 0 saturated carbocycles. The minimum Gasteiger partial charge on any atom is -0.497 e. The number of carbonyl (C=O) groups is 2. The van der Waals surface area contributed by atoms with Crippen molar-refractivity contribution in [1.82, 2.24) is 10.2 Å². The maximum Gasteiger partial charge on any atom is 0.264 e. The highest BCUT2D eigenvalue weighted by Crippen LogP contribution is 2.36. The summed E-state index contributed by atoms with van der Waals surface area (Å²) < 4.78 is 40.7. The maximum absolute atomic E-state index is 14.7. The molecule has 1 unspecified atom stereocenters. The monoisotopic (exact) mass is 677 g/mol. The van der Waals surface area contributed by atoms with Gasteiger partial charge >= 0.3 is 0 Å². The van der Waals surface area contributed by atoms with Crippen LogP contribution in [0.25, 0.3) is 0 Å². The number of amides is 2. The maximum atomic E-state index is 14.7. The van der Waals surface area contributed by atoms with Gasteiger partial charge in [0.2, 0.25) is 11.8 Å². The number of halogens is 1. The third kappa shape index (κ3) is 8.84. The van der Waals surface area contributed by atoms with Crippen molar-refractivity contribution in [2.45, 2.75) is 44.2 Å². The molecule has 0 fully saturated rings. The Hall–Kier alpha value is -4.54. The zero-order valence-corrected chi connectivity index (χ0v) is 28.6. The van der Waals surface area contributed by atoms with E-state index in [-0.39, 0.29) is 35.2 Å². The first-order valence-corrected chi connectivity index (χ1v) is 17.1. The number of carbonyl (C=O) groups excluding carboxylic acids is 2. The fourth-order valence-corrected chi connectivity index (χ4v) is 6.68. The molecular formula is C36H40ClN3O6S. The van der Waals surface area contributed by atoms with Crippen molar-refractivity contribution in [3.8, 4) is 11.5 Å². The number of rotatable bonds is 15. The number of aryl methyl sites for hydroxylation is 1. The quantitative estimate of drug-likeness (QED) is 0.165. The predicted octanol–water partition coefficient (Wildman–Crippen LogP) is 6.03. The van der Waals surface area contributed by atoms with Crippen LogP contribution in [0.1, 0.15) is 30.0 Å². The minimum absolute atomic E-state index is 0.0139. The summed E-state index contributed by atoms with van der Waals surface area (Å²) in [5, 5.41) is 3.35. The number of benzene rings is 4. The molecule has 4 rings (SSSR count). The minimum atomic E-state index is -4.33. The van der Waals surface area contributed by atoms with Gasteiger partial charge in [0.25, 0.3) is 10.0 Å². The Morgan fingerprint density at radius 3 is 2.21 bits per heavy atom. The zero-order valence-electron chi connectivity index (χ0n) is 27.0. The molecule has 0 radical (unpaired) electrons. The Bertz CT molecular complexity index is 1770. The molecule has 0 saturated heterocycles. The normalized spacial score (nSPS) is 11.8. The summed E-state index contributed by atoms with van der Waals surface area (Å²) in [6.45, 7) is 3.52. The van der Waals surface area contributed by atoms with Gasteiger partial charge < -0.3 is 19.7 Å². The molecule has 0 aliphatic heterocycles. The van der Waals surface area contributed by atoms with E-state index >= 15 is 0 Å². The van der Waals surface area contributed by atoms with Crippen LogP contribution in [0.15, 0.2) is 102 Å². The molecule has 0 heterocycles. The molecule has 1 N–H and O–H groups in total. The Morgan fingerprint density at radius 1 is 0.894 bits per heavy atom. The first-order chi connectivity index (χ1) is 22.6. The second-order valence-corrected chi connectivity index (χ2v) is 13.2. The Morgan fingerprint density at radius 2 is 1.57 bits per heavy atom. The van der Waals surface area contributed by atoms with Crippen LogP contribution in [0.4, 0.5) is 5.69 Å². The highest BCUT2D eigenvalue weighted by atomic mass is 35.5. The SMILES string of the molecule is CCCNC(=O)C(Cc1ccccc1)N(Cc1ccccc1Cl)C(=O)CN(c1cc(OC)ccc1OC)S(=O)(=O)c1ccc(C)cc1. The zero-order chi connectivity index (χ0) is 34.0. The first-order valence-electron chi connectivity index (χ1n) is 15.2. The molecular weight excluding hydrogens is 638 g/mol. The second kappa shape index (κ2) is 16.3. The molecule has 11 heteroatoms. The van der Waals surface area contributed by atoms with E-state index in [1.807, 2.05) is 44.2 Å². The van der Waals surface area contributed by atoms with E-state index in [0.29, 0.717) is 29.3 Å². The number of nitrogens with one attached hydrogen (secondary N) is 1. The summed E-state index contributed by atoms with van der Waals surface area (Å²) in [5.74, 6) is -0.388. The van der Waals surface area contributed by atoms with Crippen LogP contribution in [0.5, 0.6) is 11.5 Å². The highest BCUT2D eigenvalue weighted by molar-refractivity contribution is 7.92. The number of hydrogen-bond donors (Lipinski definition) is 1. The number of nitrogens with zero attached hydrogens (tertiary/aromatic N) is 2. The fourth-order valence-electron chi connectivity index (χ4n) is 5.07. The number of sulfonamides is 1. The van der Waals surface area contributed by atoms with Crippen molar-refractivity contribution in [1.29, 1.82) is 0 Å². The van der Waals surface area contributed by atoms with E-state index in [0.717, 1.165) is 15.4 Å². The third-order valence-electron chi connectivity index (χ3n) is 7.66. The molecule has 0 aromatic heterocycles. The molecule has 248 valence electrons. The van der Waals surface area contributed by atoms with Gasteiger partial charge in [-0.2, -0.15) is 0 Å². The molecule has 4 aromatic carbocycles. The number of methoxy groups -OCH3 is 2. The number of anilines is 1. The smallest absolute Gasteiger partial charge is 0.264 e. The van der Waals surface area contributed by atoms with E-state index in [9.17, 15) is 18.0 Å². The van der Waals surface area contributed by atoms with Gasteiger partial charge in [0.15, 0.2) is 0 Å². The van der Waals surface area contributed by atoms with Crippen LogP contribution < -0.4 is 19.1 Å². The Labute approximate surface area is 282 Å². The fraction of sp³-hybridized carbons (Fsp3) is 0.278. The van der Waals surface area contributed by atoms with Crippen molar-refractivity contribution in [2.75, 3.05) is 31.6 Å². The topological polar surface area (TPSA) is 105 Å². The van der Waals surface area contributed by atoms with Crippen molar-refractivity contribution >= 4 is 39.1 Å². The van der Waals surface area contributed by atoms with E-state index in [4.69, 9.17) is 21.1 Å². The third-order valence-corrected chi connectivity index (χ3v) is 9.80. The lowest BCUT2D eigenvalue weighted by Gasteiger charge is -2.34. The van der Waals surface area contributed by atoms with Crippen LogP contribution >= 0.6 is 11.6 Å². The summed E-state index contributed by atoms with van der Waals surface area (Å²) in [4.78, 5) is 29.9. The van der Waals surface area contributed by atoms with Gasteiger partial charge in [0.1, 0.15) is 24.1 Å². The summed E-state index contributed by atoms with van der Waals surface area (Å²) in [6, 6.07) is 26.5. The summed E-state index contributed by atoms with van der Waals surface area (Å²) >= 11 is 6.57. The first kappa shape index (κ1) is 35.3. The highest BCUT2D eigenvalue weighted by Gasteiger charge is 2.36. The van der Waals surface area contributed by atoms with Crippen LogP contribution in [0.2, 0.25) is 5.02 Å². The van der Waals surface area contributed by atoms with Gasteiger partial charge in [0.05, 0.1) is 24.8 Å². The lowest BCUT2D eigenvalue weighted by Crippen LogP contribution is -2.53.